The predicted molar refractivity (Wildman–Crippen MR) is 147 cm³/mol. The fourth-order valence-electron chi connectivity index (χ4n) is 4.78. The summed E-state index contributed by atoms with van der Waals surface area (Å²) in [5.74, 6) is -2.42. The van der Waals surface area contributed by atoms with Crippen molar-refractivity contribution in [3.8, 4) is 0 Å². The van der Waals surface area contributed by atoms with Gasteiger partial charge in [0.1, 0.15) is 11.6 Å². The largest absolute Gasteiger partial charge is 0.479 e. The number of benzene rings is 2. The normalized spacial score (nSPS) is 16.6. The minimum Gasteiger partial charge on any atom is -0.479 e. The summed E-state index contributed by atoms with van der Waals surface area (Å²) in [6, 6.07) is 15.5. The average molecular weight is 538 g/mol. The second kappa shape index (κ2) is 12.3. The first-order valence-corrected chi connectivity index (χ1v) is 13.3. The number of carboxylic acid groups (broad SMARTS) is 1. The van der Waals surface area contributed by atoms with Gasteiger partial charge in [-0.15, -0.1) is 0 Å². The lowest BCUT2D eigenvalue weighted by Gasteiger charge is -2.42. The second-order valence-corrected chi connectivity index (χ2v) is 11.3. The molecule has 2 aromatic carbocycles. The molecule has 2 aromatic rings. The summed E-state index contributed by atoms with van der Waals surface area (Å²) in [5.41, 5.74) is -0.378. The third-order valence-corrected chi connectivity index (χ3v) is 6.93. The smallest absolute Gasteiger partial charge is 0.410 e. The zero-order valence-electron chi connectivity index (χ0n) is 23.3. The van der Waals surface area contributed by atoms with Gasteiger partial charge in [-0.05, 0) is 50.7 Å². The highest BCUT2D eigenvalue weighted by molar-refractivity contribution is 5.95. The Morgan fingerprint density at radius 3 is 1.92 bits per heavy atom. The van der Waals surface area contributed by atoms with Crippen molar-refractivity contribution in [2.45, 2.75) is 70.6 Å². The standard InChI is InChI=1S/C30H39N3O6/c1-20(2)23(25(34)31-24(26(35)36)21-12-8-6-9-13-21)32-27(37)30(22-14-10-7-11-15-22)16-18-33(19-17-30)28(38)39-29(3,4)5/h6-15,20,23-24H,16-19H2,1-5H3,(H,31,34)(H,32,37)(H,35,36)/t23-,24+/m0/s1. The highest BCUT2D eigenvalue weighted by Gasteiger charge is 2.45. The molecule has 1 saturated heterocycles. The molecule has 2 atom stereocenters. The monoisotopic (exact) mass is 537 g/mol. The lowest BCUT2D eigenvalue weighted by atomic mass is 9.71. The van der Waals surface area contributed by atoms with Crippen LogP contribution in [0.1, 0.15) is 64.6 Å². The lowest BCUT2D eigenvalue weighted by molar-refractivity contribution is -0.143. The minimum atomic E-state index is -1.25. The third-order valence-electron chi connectivity index (χ3n) is 6.93. The van der Waals surface area contributed by atoms with E-state index in [-0.39, 0.29) is 11.8 Å². The van der Waals surface area contributed by atoms with Crippen LogP contribution < -0.4 is 10.6 Å². The molecule has 3 amide bonds. The minimum absolute atomic E-state index is 0.310. The first kappa shape index (κ1) is 29.7. The molecule has 1 aliphatic heterocycles. The Labute approximate surface area is 229 Å². The molecule has 0 spiro atoms. The molecule has 210 valence electrons. The van der Waals surface area contributed by atoms with Crippen molar-refractivity contribution in [1.29, 1.82) is 0 Å². The summed E-state index contributed by atoms with van der Waals surface area (Å²) in [6.45, 7) is 9.63. The fraction of sp³-hybridized carbons (Fsp3) is 0.467. The van der Waals surface area contributed by atoms with Crippen LogP contribution in [0, 0.1) is 5.92 Å². The summed E-state index contributed by atoms with van der Waals surface area (Å²) >= 11 is 0. The zero-order valence-corrected chi connectivity index (χ0v) is 23.3. The van der Waals surface area contributed by atoms with Gasteiger partial charge in [0.05, 0.1) is 5.41 Å². The van der Waals surface area contributed by atoms with Crippen LogP contribution in [0.3, 0.4) is 0 Å². The Bertz CT molecular complexity index is 1150. The molecule has 3 rings (SSSR count). The summed E-state index contributed by atoms with van der Waals surface area (Å²) in [4.78, 5) is 53.6. The molecular formula is C30H39N3O6. The van der Waals surface area contributed by atoms with Gasteiger partial charge in [0.25, 0.3) is 0 Å². The van der Waals surface area contributed by atoms with Crippen molar-refractivity contribution in [2.24, 2.45) is 5.92 Å². The fourth-order valence-corrected chi connectivity index (χ4v) is 4.78. The predicted octanol–water partition coefficient (Wildman–Crippen LogP) is 4.04. The second-order valence-electron chi connectivity index (χ2n) is 11.3. The van der Waals surface area contributed by atoms with Crippen LogP contribution in [0.15, 0.2) is 60.7 Å². The number of hydrogen-bond acceptors (Lipinski definition) is 5. The van der Waals surface area contributed by atoms with Crippen LogP contribution in [0.5, 0.6) is 0 Å². The van der Waals surface area contributed by atoms with Gasteiger partial charge in [0.2, 0.25) is 11.8 Å². The van der Waals surface area contributed by atoms with Gasteiger partial charge >= 0.3 is 12.1 Å². The Morgan fingerprint density at radius 2 is 1.44 bits per heavy atom. The van der Waals surface area contributed by atoms with Gasteiger partial charge in [-0.3, -0.25) is 9.59 Å². The molecule has 39 heavy (non-hydrogen) atoms. The number of hydrogen-bond donors (Lipinski definition) is 3. The highest BCUT2D eigenvalue weighted by atomic mass is 16.6. The van der Waals surface area contributed by atoms with Crippen molar-refractivity contribution in [3.63, 3.8) is 0 Å². The molecule has 0 saturated carbocycles. The molecule has 9 nitrogen and oxygen atoms in total. The Morgan fingerprint density at radius 1 is 0.897 bits per heavy atom. The molecule has 0 aromatic heterocycles. The third kappa shape index (κ3) is 7.37. The summed E-state index contributed by atoms with van der Waals surface area (Å²) < 4.78 is 5.52. The quantitative estimate of drug-likeness (QED) is 0.467. The Kier molecular flexibility index (Phi) is 9.37. The van der Waals surface area contributed by atoms with Crippen LogP contribution in [0.25, 0.3) is 0 Å². The van der Waals surface area contributed by atoms with Gasteiger partial charge in [-0.25, -0.2) is 9.59 Å². The maximum absolute atomic E-state index is 14.0. The average Bonchev–Trinajstić information content (AvgIpc) is 2.89. The molecule has 1 heterocycles. The summed E-state index contributed by atoms with van der Waals surface area (Å²) in [7, 11) is 0. The van der Waals surface area contributed by atoms with Crippen molar-refractivity contribution in [2.75, 3.05) is 13.1 Å². The number of aliphatic carboxylic acids is 1. The number of nitrogens with zero attached hydrogens (tertiary/aromatic N) is 1. The molecular weight excluding hydrogens is 498 g/mol. The number of piperidine rings is 1. The molecule has 0 unspecified atom stereocenters. The number of nitrogens with one attached hydrogen (secondary N) is 2. The van der Waals surface area contributed by atoms with Crippen molar-refractivity contribution in [1.82, 2.24) is 15.5 Å². The first-order chi connectivity index (χ1) is 18.3. The number of amides is 3. The molecule has 9 heteroatoms. The molecule has 0 aliphatic carbocycles. The number of carboxylic acids is 1. The van der Waals surface area contributed by atoms with Crippen LogP contribution >= 0.6 is 0 Å². The van der Waals surface area contributed by atoms with Crippen LogP contribution in [-0.2, 0) is 24.5 Å². The number of carbonyl (C=O) groups excluding carboxylic acids is 3. The molecule has 0 radical (unpaired) electrons. The van der Waals surface area contributed by atoms with Gasteiger partial charge in [-0.2, -0.15) is 0 Å². The molecule has 0 bridgehead atoms. The van der Waals surface area contributed by atoms with Crippen LogP contribution in [0.4, 0.5) is 4.79 Å². The van der Waals surface area contributed by atoms with E-state index in [1.165, 1.54) is 0 Å². The van der Waals surface area contributed by atoms with Gasteiger partial charge in [0.15, 0.2) is 6.04 Å². The van der Waals surface area contributed by atoms with Crippen molar-refractivity contribution < 1.29 is 29.0 Å². The molecule has 3 N–H and O–H groups in total. The van der Waals surface area contributed by atoms with E-state index < -0.39 is 41.1 Å². The van der Waals surface area contributed by atoms with E-state index in [9.17, 15) is 24.3 Å². The van der Waals surface area contributed by atoms with E-state index in [1.807, 2.05) is 30.3 Å². The molecule has 1 fully saturated rings. The van der Waals surface area contributed by atoms with Gasteiger partial charge in [0, 0.05) is 13.1 Å². The topological polar surface area (TPSA) is 125 Å². The molecule has 1 aliphatic rings. The highest BCUT2D eigenvalue weighted by Crippen LogP contribution is 2.36. The van der Waals surface area contributed by atoms with E-state index in [0.29, 0.717) is 31.5 Å². The van der Waals surface area contributed by atoms with Crippen molar-refractivity contribution in [3.05, 3.63) is 71.8 Å². The van der Waals surface area contributed by atoms with Crippen LogP contribution in [-0.4, -0.2) is 58.6 Å². The first-order valence-electron chi connectivity index (χ1n) is 13.3. The van der Waals surface area contributed by atoms with Gasteiger partial charge < -0.3 is 25.4 Å². The number of rotatable bonds is 8. The van der Waals surface area contributed by atoms with E-state index in [2.05, 4.69) is 10.6 Å². The SMILES string of the molecule is CC(C)[C@H](NC(=O)C1(c2ccccc2)CCN(C(=O)OC(C)(C)C)CC1)C(=O)N[C@@H](C(=O)O)c1ccccc1. The summed E-state index contributed by atoms with van der Waals surface area (Å²) in [6.07, 6.45) is 0.261. The maximum Gasteiger partial charge on any atom is 0.410 e. The lowest BCUT2D eigenvalue weighted by Crippen LogP contribution is -2.58. The Balaban J connectivity index is 1.82. The summed E-state index contributed by atoms with van der Waals surface area (Å²) in [5, 5.41) is 15.3. The number of carbonyl (C=O) groups is 4. The number of likely N-dealkylation sites (tertiary alicyclic amines) is 1. The van der Waals surface area contributed by atoms with Crippen molar-refractivity contribution >= 4 is 23.9 Å². The Hall–Kier alpha value is -3.88. The van der Waals surface area contributed by atoms with E-state index in [4.69, 9.17) is 4.74 Å². The van der Waals surface area contributed by atoms with Crippen LogP contribution in [0.2, 0.25) is 0 Å². The zero-order chi connectivity index (χ0) is 28.8. The van der Waals surface area contributed by atoms with E-state index in [1.54, 1.807) is 69.9 Å². The number of ether oxygens (including phenoxy) is 1. The van der Waals surface area contributed by atoms with E-state index >= 15 is 0 Å². The maximum atomic E-state index is 14.0. The van der Waals surface area contributed by atoms with Gasteiger partial charge in [-0.1, -0.05) is 74.5 Å². The van der Waals surface area contributed by atoms with E-state index in [0.717, 1.165) is 5.56 Å².